The Morgan fingerprint density at radius 1 is 1.05 bits per heavy atom. The third-order valence-corrected chi connectivity index (χ3v) is 2.27. The minimum atomic E-state index is -0.856. The van der Waals surface area contributed by atoms with E-state index < -0.39 is 36.2 Å². The molecule has 1 rings (SSSR count). The molecule has 0 aromatic rings. The molecule has 19 heavy (non-hydrogen) atoms. The largest absolute Gasteiger partial charge is 0.491 e. The number of carbonyl (C=O) groups excluding carboxylic acids is 3. The van der Waals surface area contributed by atoms with Crippen LogP contribution < -0.4 is 0 Å². The molecule has 7 nitrogen and oxygen atoms in total. The maximum atomic E-state index is 11.1. The summed E-state index contributed by atoms with van der Waals surface area (Å²) in [6.07, 6.45) is 0.435. The monoisotopic (exact) mass is 278 g/mol. The Morgan fingerprint density at radius 2 is 1.68 bits per heavy atom. The van der Waals surface area contributed by atoms with E-state index in [0.29, 0.717) is 0 Å². The summed E-state index contributed by atoms with van der Waals surface area (Å²) in [4.78, 5) is 32.9. The van der Waals surface area contributed by atoms with Gasteiger partial charge in [0, 0.05) is 20.8 Å². The zero-order valence-electron chi connectivity index (χ0n) is 11.0. The Balaban J connectivity index is 2.77. The standard InChI is InChI=1S/C12H16O7/c1-7(13)17-6-11-12(19-9(3)15)10(4-5-16-11)18-8(2)14/h4-5,10-12H,6H2,1-3H3/t10-,11-,12+/m1/s1/i4+1,5+1,6+1,10+1,11+1,12+1. The predicted molar refractivity (Wildman–Crippen MR) is 61.8 cm³/mol. The van der Waals surface area contributed by atoms with Crippen molar-refractivity contribution in [2.75, 3.05) is 6.61 Å². The second-order valence-corrected chi connectivity index (χ2v) is 3.95. The van der Waals surface area contributed by atoms with E-state index in [1.807, 2.05) is 0 Å². The van der Waals surface area contributed by atoms with Crippen molar-refractivity contribution in [3.63, 3.8) is 0 Å². The van der Waals surface area contributed by atoms with E-state index in [1.165, 1.54) is 33.1 Å². The van der Waals surface area contributed by atoms with Gasteiger partial charge in [-0.15, -0.1) is 0 Å². The molecule has 106 valence electrons. The fraction of sp³-hybridized carbons (Fsp3) is 0.583. The summed E-state index contributed by atoms with van der Waals surface area (Å²) in [5.41, 5.74) is 0. The predicted octanol–water partition coefficient (Wildman–Crippen LogP) is 0.325. The maximum absolute atomic E-state index is 11.1. The van der Waals surface area contributed by atoms with Crippen LogP contribution in [-0.2, 0) is 33.3 Å². The SMILES string of the molecule is CC(=O)O[13CH2][13C@H]1O[13CH]=[13CH][13C@@H](OC(C)=O)[13C@@H]1OC(C)=O. The zero-order chi connectivity index (χ0) is 14.4. The molecule has 0 unspecified atom stereocenters. The minimum Gasteiger partial charge on any atom is -0.491 e. The number of hydrogen-bond donors (Lipinski definition) is 0. The van der Waals surface area contributed by atoms with Crippen LogP contribution in [-0.4, -0.2) is 42.8 Å². The first-order valence-corrected chi connectivity index (χ1v) is 5.70. The van der Waals surface area contributed by atoms with Crippen molar-refractivity contribution in [3.05, 3.63) is 12.3 Å². The lowest BCUT2D eigenvalue weighted by molar-refractivity contribution is -0.178. The van der Waals surface area contributed by atoms with Crippen LogP contribution in [0.25, 0.3) is 0 Å². The quantitative estimate of drug-likeness (QED) is 0.416. The highest BCUT2D eigenvalue weighted by Crippen LogP contribution is 2.19. The lowest BCUT2D eigenvalue weighted by atomic mass is 10.8. The van der Waals surface area contributed by atoms with Gasteiger partial charge in [0.15, 0.2) is 18.3 Å². The van der Waals surface area contributed by atoms with Gasteiger partial charge in [0.25, 0.3) is 0 Å². The molecule has 7 heteroatoms. The first-order valence-electron chi connectivity index (χ1n) is 5.70. The zero-order valence-corrected chi connectivity index (χ0v) is 11.0. The molecule has 1 aliphatic heterocycles. The van der Waals surface area contributed by atoms with E-state index in [1.54, 1.807) is 0 Å². The molecule has 3 atom stereocenters. The molecule has 0 bridgehead atoms. The van der Waals surface area contributed by atoms with Crippen molar-refractivity contribution < 1.29 is 33.3 Å². The summed E-state index contributed by atoms with van der Waals surface area (Å²) in [5, 5.41) is 0. The van der Waals surface area contributed by atoms with E-state index in [9.17, 15) is 14.4 Å². The summed E-state index contributed by atoms with van der Waals surface area (Å²) in [6, 6.07) is 0. The van der Waals surface area contributed by atoms with Crippen LogP contribution in [0.4, 0.5) is 0 Å². The minimum absolute atomic E-state index is 0.102. The van der Waals surface area contributed by atoms with E-state index in [4.69, 9.17) is 18.9 Å². The molecule has 0 saturated carbocycles. The van der Waals surface area contributed by atoms with Gasteiger partial charge in [0.2, 0.25) is 0 Å². The van der Waals surface area contributed by atoms with Crippen molar-refractivity contribution in [1.82, 2.24) is 0 Å². The van der Waals surface area contributed by atoms with Gasteiger partial charge in [-0.05, 0) is 6.08 Å². The van der Waals surface area contributed by atoms with Crippen molar-refractivity contribution in [3.8, 4) is 0 Å². The molecule has 0 N–H and O–H groups in total. The second-order valence-electron chi connectivity index (χ2n) is 3.95. The number of ether oxygens (including phenoxy) is 4. The summed E-state index contributed by atoms with van der Waals surface area (Å²) >= 11 is 0. The first-order chi connectivity index (χ1) is 8.90. The van der Waals surface area contributed by atoms with Gasteiger partial charge in [0.1, 0.15) is 6.61 Å². The molecule has 0 aromatic heterocycles. The molecular formula is C12H16O7. The molecule has 0 fully saturated rings. The Labute approximate surface area is 110 Å². The van der Waals surface area contributed by atoms with Gasteiger partial charge in [-0.1, -0.05) is 0 Å². The van der Waals surface area contributed by atoms with Gasteiger partial charge >= 0.3 is 17.9 Å². The van der Waals surface area contributed by atoms with Crippen LogP contribution in [0.5, 0.6) is 0 Å². The van der Waals surface area contributed by atoms with Crippen LogP contribution in [0.1, 0.15) is 20.8 Å². The van der Waals surface area contributed by atoms with Crippen molar-refractivity contribution in [2.45, 2.75) is 39.1 Å². The lowest BCUT2D eigenvalue weighted by Gasteiger charge is -2.32. The van der Waals surface area contributed by atoms with Crippen molar-refractivity contribution in [2.24, 2.45) is 0 Å². The summed E-state index contributed by atoms with van der Waals surface area (Å²) in [7, 11) is 0. The Hall–Kier alpha value is -2.05. The molecule has 0 spiro atoms. The van der Waals surface area contributed by atoms with E-state index in [0.717, 1.165) is 0 Å². The molecular weight excluding hydrogens is 262 g/mol. The first kappa shape index (κ1) is 15.0. The van der Waals surface area contributed by atoms with Gasteiger partial charge in [-0.3, -0.25) is 14.4 Å². The highest BCUT2D eigenvalue weighted by molar-refractivity contribution is 5.68. The summed E-state index contributed by atoms with van der Waals surface area (Å²) < 4.78 is 20.1. The van der Waals surface area contributed by atoms with Crippen LogP contribution in [0.3, 0.4) is 0 Å². The van der Waals surface area contributed by atoms with Gasteiger partial charge < -0.3 is 18.9 Å². The second kappa shape index (κ2) is 6.77. The highest BCUT2D eigenvalue weighted by atomic mass is 16.8. The Kier molecular flexibility index (Phi) is 5.35. The summed E-state index contributed by atoms with van der Waals surface area (Å²) in [5.74, 6) is -1.54. The third kappa shape index (κ3) is 4.99. The molecule has 0 aliphatic carbocycles. The fourth-order valence-corrected chi connectivity index (χ4v) is 1.59. The van der Waals surface area contributed by atoms with Crippen molar-refractivity contribution in [1.29, 1.82) is 0 Å². The number of carbonyl (C=O) groups is 3. The molecule has 1 heterocycles. The van der Waals surface area contributed by atoms with E-state index in [2.05, 4.69) is 0 Å². The van der Waals surface area contributed by atoms with Crippen LogP contribution >= 0.6 is 0 Å². The van der Waals surface area contributed by atoms with Gasteiger partial charge in [-0.25, -0.2) is 0 Å². The van der Waals surface area contributed by atoms with Gasteiger partial charge in [0.05, 0.1) is 6.26 Å². The molecule has 0 saturated heterocycles. The number of esters is 3. The molecule has 0 aromatic carbocycles. The van der Waals surface area contributed by atoms with Gasteiger partial charge in [-0.2, -0.15) is 0 Å². The average molecular weight is 278 g/mol. The number of rotatable bonds is 4. The third-order valence-electron chi connectivity index (χ3n) is 2.27. The topological polar surface area (TPSA) is 88.1 Å². The highest BCUT2D eigenvalue weighted by Gasteiger charge is 2.37. The van der Waals surface area contributed by atoms with Crippen LogP contribution in [0.15, 0.2) is 12.3 Å². The Bertz CT molecular complexity index is 388. The smallest absolute Gasteiger partial charge is 0.303 e. The Morgan fingerprint density at radius 3 is 2.21 bits per heavy atom. The maximum Gasteiger partial charge on any atom is 0.303 e. The lowest BCUT2D eigenvalue weighted by Crippen LogP contribution is -2.47. The van der Waals surface area contributed by atoms with Crippen molar-refractivity contribution >= 4 is 17.9 Å². The van der Waals surface area contributed by atoms with Crippen LogP contribution in [0.2, 0.25) is 0 Å². The molecule has 0 amide bonds. The average Bonchev–Trinajstić information content (AvgIpc) is 2.28. The molecule has 0 radical (unpaired) electrons. The van der Waals surface area contributed by atoms with E-state index >= 15 is 0 Å². The molecule has 1 aliphatic rings. The van der Waals surface area contributed by atoms with Crippen LogP contribution in [0, 0.1) is 0 Å². The van der Waals surface area contributed by atoms with E-state index in [-0.39, 0.29) is 6.61 Å². The fourth-order valence-electron chi connectivity index (χ4n) is 1.59. The normalized spacial score (nSPS) is 25.1. The number of hydrogen-bond acceptors (Lipinski definition) is 7. The summed E-state index contributed by atoms with van der Waals surface area (Å²) in [6.45, 7) is 3.62.